The van der Waals surface area contributed by atoms with E-state index in [1.165, 1.54) is 18.1 Å². The van der Waals surface area contributed by atoms with Gasteiger partial charge in [0.2, 0.25) is 0 Å². The number of nitrogens with zero attached hydrogens (tertiary/aromatic N) is 1. The molecule has 2 aromatic rings. The maximum atomic E-state index is 12.7. The van der Waals surface area contributed by atoms with Crippen molar-refractivity contribution in [2.45, 2.75) is 11.4 Å². The highest BCUT2D eigenvalue weighted by Crippen LogP contribution is 2.30. The Hall–Kier alpha value is -2.26. The SMILES string of the molecule is COc1ccc(Br)c(S(=O)(=O)Nc2ccc3c(c2)CN(C)C(=O)N3)c1. The van der Waals surface area contributed by atoms with Crippen LogP contribution in [0.25, 0.3) is 0 Å². The van der Waals surface area contributed by atoms with Crippen molar-refractivity contribution < 1.29 is 17.9 Å². The molecule has 7 nitrogen and oxygen atoms in total. The number of fused-ring (bicyclic) bond motifs is 1. The molecular weight excluding hydrogens is 410 g/mol. The largest absolute Gasteiger partial charge is 0.497 e. The predicted octanol–water partition coefficient (Wildman–Crippen LogP) is 3.24. The quantitative estimate of drug-likeness (QED) is 0.786. The summed E-state index contributed by atoms with van der Waals surface area (Å²) in [5.41, 5.74) is 1.92. The van der Waals surface area contributed by atoms with Crippen molar-refractivity contribution in [2.24, 2.45) is 0 Å². The van der Waals surface area contributed by atoms with Gasteiger partial charge in [0.25, 0.3) is 10.0 Å². The highest BCUT2D eigenvalue weighted by Gasteiger charge is 2.22. The lowest BCUT2D eigenvalue weighted by Crippen LogP contribution is -2.35. The van der Waals surface area contributed by atoms with Gasteiger partial charge in [-0.2, -0.15) is 0 Å². The Balaban J connectivity index is 1.92. The van der Waals surface area contributed by atoms with Gasteiger partial charge in [0.05, 0.1) is 7.11 Å². The van der Waals surface area contributed by atoms with E-state index in [2.05, 4.69) is 26.0 Å². The number of urea groups is 1. The zero-order valence-electron chi connectivity index (χ0n) is 13.5. The van der Waals surface area contributed by atoms with E-state index in [0.717, 1.165) is 5.56 Å². The molecular formula is C16H16BrN3O4S. The number of carbonyl (C=O) groups is 1. The van der Waals surface area contributed by atoms with Gasteiger partial charge < -0.3 is 15.0 Å². The molecule has 0 atom stereocenters. The minimum Gasteiger partial charge on any atom is -0.497 e. The summed E-state index contributed by atoms with van der Waals surface area (Å²) in [5.74, 6) is 0.443. The first kappa shape index (κ1) is 17.6. The van der Waals surface area contributed by atoms with Crippen molar-refractivity contribution in [3.8, 4) is 5.75 Å². The van der Waals surface area contributed by atoms with Gasteiger partial charge in [-0.1, -0.05) is 0 Å². The number of nitrogens with one attached hydrogen (secondary N) is 2. The molecule has 132 valence electrons. The molecule has 25 heavy (non-hydrogen) atoms. The van der Waals surface area contributed by atoms with Crippen LogP contribution in [0.2, 0.25) is 0 Å². The van der Waals surface area contributed by atoms with Gasteiger partial charge >= 0.3 is 6.03 Å². The van der Waals surface area contributed by atoms with Crippen molar-refractivity contribution in [3.63, 3.8) is 0 Å². The number of rotatable bonds is 4. The molecule has 0 saturated heterocycles. The zero-order chi connectivity index (χ0) is 18.2. The number of anilines is 2. The molecule has 2 aromatic carbocycles. The summed E-state index contributed by atoms with van der Waals surface area (Å²) >= 11 is 3.25. The maximum absolute atomic E-state index is 12.7. The number of methoxy groups -OCH3 is 1. The number of hydrogen-bond donors (Lipinski definition) is 2. The molecule has 3 rings (SSSR count). The molecule has 9 heteroatoms. The van der Waals surface area contributed by atoms with Crippen LogP contribution >= 0.6 is 15.9 Å². The molecule has 1 heterocycles. The second-order valence-electron chi connectivity index (χ2n) is 5.56. The van der Waals surface area contributed by atoms with E-state index in [1.807, 2.05) is 0 Å². The van der Waals surface area contributed by atoms with Crippen molar-refractivity contribution in [1.29, 1.82) is 0 Å². The van der Waals surface area contributed by atoms with Crippen LogP contribution in [0.15, 0.2) is 45.8 Å². The number of hydrogen-bond acceptors (Lipinski definition) is 4. The Morgan fingerprint density at radius 1 is 1.24 bits per heavy atom. The Labute approximate surface area is 154 Å². The summed E-state index contributed by atoms with van der Waals surface area (Å²) in [4.78, 5) is 13.2. The lowest BCUT2D eigenvalue weighted by Gasteiger charge is -2.26. The Morgan fingerprint density at radius 2 is 2.00 bits per heavy atom. The molecule has 0 bridgehead atoms. The number of halogens is 1. The van der Waals surface area contributed by atoms with E-state index >= 15 is 0 Å². The second kappa shape index (κ2) is 6.57. The average Bonchev–Trinajstić information content (AvgIpc) is 2.56. The summed E-state index contributed by atoms with van der Waals surface area (Å²) in [7, 11) is -0.663. The monoisotopic (exact) mass is 425 g/mol. The van der Waals surface area contributed by atoms with Crippen LogP contribution in [0.1, 0.15) is 5.56 Å². The molecule has 0 fully saturated rings. The first-order chi connectivity index (χ1) is 11.8. The number of amides is 2. The minimum absolute atomic E-state index is 0.0787. The number of benzene rings is 2. The van der Waals surface area contributed by atoms with Gasteiger partial charge in [0, 0.05) is 35.5 Å². The van der Waals surface area contributed by atoms with Gasteiger partial charge in [0.1, 0.15) is 10.6 Å². The molecule has 0 spiro atoms. The Kier molecular flexibility index (Phi) is 4.61. The minimum atomic E-state index is -3.81. The molecule has 1 aliphatic rings. The Morgan fingerprint density at radius 3 is 2.72 bits per heavy atom. The lowest BCUT2D eigenvalue weighted by atomic mass is 10.1. The van der Waals surface area contributed by atoms with E-state index in [4.69, 9.17) is 4.74 Å². The summed E-state index contributed by atoms with van der Waals surface area (Å²) in [6.07, 6.45) is 0. The van der Waals surface area contributed by atoms with Gasteiger partial charge in [-0.25, -0.2) is 13.2 Å². The standard InChI is InChI=1S/C16H16BrN3O4S/c1-20-9-10-7-11(3-6-14(10)18-16(20)21)19-25(22,23)15-8-12(24-2)4-5-13(15)17/h3-8,19H,9H2,1-2H3,(H,18,21). The van der Waals surface area contributed by atoms with E-state index in [0.29, 0.717) is 28.1 Å². The van der Waals surface area contributed by atoms with Crippen LogP contribution in [0.4, 0.5) is 16.2 Å². The van der Waals surface area contributed by atoms with E-state index in [9.17, 15) is 13.2 Å². The molecule has 0 aliphatic carbocycles. The zero-order valence-corrected chi connectivity index (χ0v) is 15.9. The summed E-state index contributed by atoms with van der Waals surface area (Å²) in [5, 5.41) is 2.74. The number of ether oxygens (including phenoxy) is 1. The van der Waals surface area contributed by atoms with E-state index in [-0.39, 0.29) is 10.9 Å². The molecule has 1 aliphatic heterocycles. The summed E-state index contributed by atoms with van der Waals surface area (Å²) < 4.78 is 33.5. The molecule has 0 aromatic heterocycles. The van der Waals surface area contributed by atoms with Gasteiger partial charge in [0.15, 0.2) is 0 Å². The van der Waals surface area contributed by atoms with Crippen molar-refractivity contribution in [1.82, 2.24) is 4.90 Å². The van der Waals surface area contributed by atoms with Crippen LogP contribution in [-0.2, 0) is 16.6 Å². The van der Waals surface area contributed by atoms with E-state index < -0.39 is 10.0 Å². The molecule has 0 radical (unpaired) electrons. The Bertz CT molecular complexity index is 946. The first-order valence-corrected chi connectivity index (χ1v) is 9.59. The van der Waals surface area contributed by atoms with Crippen molar-refractivity contribution >= 4 is 43.4 Å². The summed E-state index contributed by atoms with van der Waals surface area (Å²) in [6, 6.07) is 9.52. The van der Waals surface area contributed by atoms with Gasteiger partial charge in [-0.15, -0.1) is 0 Å². The summed E-state index contributed by atoms with van der Waals surface area (Å²) in [6.45, 7) is 0.402. The maximum Gasteiger partial charge on any atom is 0.321 e. The fourth-order valence-electron chi connectivity index (χ4n) is 2.47. The van der Waals surface area contributed by atoms with Crippen LogP contribution in [0, 0.1) is 0 Å². The fourth-order valence-corrected chi connectivity index (χ4v) is 4.50. The lowest BCUT2D eigenvalue weighted by molar-refractivity contribution is 0.218. The van der Waals surface area contributed by atoms with Crippen LogP contribution in [0.3, 0.4) is 0 Å². The molecule has 2 amide bonds. The van der Waals surface area contributed by atoms with Gasteiger partial charge in [-0.3, -0.25) is 4.72 Å². The predicted molar refractivity (Wildman–Crippen MR) is 98.4 cm³/mol. The average molecular weight is 426 g/mol. The second-order valence-corrected chi connectivity index (χ2v) is 8.07. The fraction of sp³-hybridized carbons (Fsp3) is 0.188. The van der Waals surface area contributed by atoms with E-state index in [1.54, 1.807) is 37.4 Å². The third-order valence-electron chi connectivity index (χ3n) is 3.78. The van der Waals surface area contributed by atoms with Crippen LogP contribution < -0.4 is 14.8 Å². The highest BCUT2D eigenvalue weighted by atomic mass is 79.9. The third kappa shape index (κ3) is 3.57. The number of carbonyl (C=O) groups excluding carboxylic acids is 1. The van der Waals surface area contributed by atoms with Gasteiger partial charge in [-0.05, 0) is 51.8 Å². The first-order valence-electron chi connectivity index (χ1n) is 7.31. The smallest absolute Gasteiger partial charge is 0.321 e. The molecule has 0 unspecified atom stereocenters. The molecule has 0 saturated carbocycles. The highest BCUT2D eigenvalue weighted by molar-refractivity contribution is 9.10. The third-order valence-corrected chi connectivity index (χ3v) is 6.16. The number of sulfonamides is 1. The molecule has 2 N–H and O–H groups in total. The van der Waals surface area contributed by atoms with Crippen molar-refractivity contribution in [3.05, 3.63) is 46.4 Å². The topological polar surface area (TPSA) is 87.7 Å². The van der Waals surface area contributed by atoms with Crippen LogP contribution in [-0.4, -0.2) is 33.5 Å². The van der Waals surface area contributed by atoms with Crippen molar-refractivity contribution in [2.75, 3.05) is 24.2 Å². The van der Waals surface area contributed by atoms with Crippen LogP contribution in [0.5, 0.6) is 5.75 Å². The normalized spacial score (nSPS) is 13.9.